The van der Waals surface area contributed by atoms with Crippen molar-refractivity contribution in [3.05, 3.63) is 34.2 Å². The first kappa shape index (κ1) is 13.3. The fourth-order valence-electron chi connectivity index (χ4n) is 1.18. The summed E-state index contributed by atoms with van der Waals surface area (Å²) in [4.78, 5) is 24.6. The third kappa shape index (κ3) is 5.19. The Kier molecular flexibility index (Phi) is 4.30. The van der Waals surface area contributed by atoms with Gasteiger partial charge in [0.15, 0.2) is 0 Å². The standard InChI is InChI=1S/C10H11F3N2O2/c11-10(12,13)3-1-4-15-9(17)7-2-5-14-8(16)6-7/h2,5-6H,1,3-4H2,(H,14,16)(H,15,17). The largest absolute Gasteiger partial charge is 0.389 e. The second-order valence-corrected chi connectivity index (χ2v) is 3.42. The Bertz CT molecular complexity index is 440. The van der Waals surface area contributed by atoms with Crippen LogP contribution in [-0.4, -0.2) is 23.6 Å². The summed E-state index contributed by atoms with van der Waals surface area (Å²) in [7, 11) is 0. The van der Waals surface area contributed by atoms with Gasteiger partial charge < -0.3 is 10.3 Å². The number of alkyl halides is 3. The van der Waals surface area contributed by atoms with Crippen molar-refractivity contribution in [3.8, 4) is 0 Å². The molecule has 4 nitrogen and oxygen atoms in total. The van der Waals surface area contributed by atoms with Crippen LogP contribution in [-0.2, 0) is 0 Å². The smallest absolute Gasteiger partial charge is 0.352 e. The predicted octanol–water partition coefficient (Wildman–Crippen LogP) is 1.45. The Balaban J connectivity index is 2.38. The van der Waals surface area contributed by atoms with Crippen molar-refractivity contribution < 1.29 is 18.0 Å². The van der Waals surface area contributed by atoms with E-state index in [0.29, 0.717) is 0 Å². The molecule has 0 bridgehead atoms. The lowest BCUT2D eigenvalue weighted by molar-refractivity contribution is -0.135. The molecule has 7 heteroatoms. The van der Waals surface area contributed by atoms with Crippen molar-refractivity contribution in [1.82, 2.24) is 10.3 Å². The van der Waals surface area contributed by atoms with E-state index >= 15 is 0 Å². The number of pyridine rings is 1. The minimum Gasteiger partial charge on any atom is -0.352 e. The zero-order valence-electron chi connectivity index (χ0n) is 8.80. The molecule has 1 rings (SSSR count). The monoisotopic (exact) mass is 248 g/mol. The van der Waals surface area contributed by atoms with Gasteiger partial charge in [-0.15, -0.1) is 0 Å². The summed E-state index contributed by atoms with van der Waals surface area (Å²) in [6.07, 6.45) is -4.04. The zero-order valence-corrected chi connectivity index (χ0v) is 8.80. The van der Waals surface area contributed by atoms with Crippen LogP contribution in [0.4, 0.5) is 13.2 Å². The average molecular weight is 248 g/mol. The molecule has 0 aliphatic rings. The summed E-state index contributed by atoms with van der Waals surface area (Å²) in [6, 6.07) is 2.46. The zero-order chi connectivity index (χ0) is 12.9. The summed E-state index contributed by atoms with van der Waals surface area (Å²) in [5.41, 5.74) is -0.311. The van der Waals surface area contributed by atoms with Gasteiger partial charge in [0, 0.05) is 30.8 Å². The topological polar surface area (TPSA) is 62.0 Å². The molecule has 0 aliphatic heterocycles. The van der Waals surface area contributed by atoms with Crippen LogP contribution >= 0.6 is 0 Å². The Morgan fingerprint density at radius 3 is 2.71 bits per heavy atom. The van der Waals surface area contributed by atoms with Crippen LogP contribution in [0.25, 0.3) is 0 Å². The summed E-state index contributed by atoms with van der Waals surface area (Å²) >= 11 is 0. The number of carbonyl (C=O) groups is 1. The third-order valence-electron chi connectivity index (χ3n) is 1.96. The number of rotatable bonds is 4. The van der Waals surface area contributed by atoms with Crippen LogP contribution in [0.5, 0.6) is 0 Å². The molecule has 0 fully saturated rings. The number of H-pyrrole nitrogens is 1. The Hall–Kier alpha value is -1.79. The molecular formula is C10H11F3N2O2. The van der Waals surface area contributed by atoms with Gasteiger partial charge in [-0.2, -0.15) is 13.2 Å². The second kappa shape index (κ2) is 5.51. The minimum absolute atomic E-state index is 0.0782. The van der Waals surface area contributed by atoms with Crippen molar-refractivity contribution >= 4 is 5.91 Å². The molecular weight excluding hydrogens is 237 g/mol. The number of aromatic amines is 1. The molecule has 2 N–H and O–H groups in total. The molecule has 1 amide bonds. The van der Waals surface area contributed by atoms with E-state index in [2.05, 4.69) is 10.3 Å². The van der Waals surface area contributed by atoms with Gasteiger partial charge in [-0.3, -0.25) is 9.59 Å². The number of amides is 1. The lowest BCUT2D eigenvalue weighted by atomic mass is 10.2. The number of nitrogens with one attached hydrogen (secondary N) is 2. The Morgan fingerprint density at radius 2 is 2.12 bits per heavy atom. The lowest BCUT2D eigenvalue weighted by Crippen LogP contribution is -2.26. The molecule has 0 aromatic carbocycles. The third-order valence-corrected chi connectivity index (χ3v) is 1.96. The highest BCUT2D eigenvalue weighted by atomic mass is 19.4. The molecule has 1 heterocycles. The van der Waals surface area contributed by atoms with E-state index in [1.54, 1.807) is 0 Å². The van der Waals surface area contributed by atoms with Gasteiger partial charge in [-0.25, -0.2) is 0 Å². The fraction of sp³-hybridized carbons (Fsp3) is 0.400. The maximum atomic E-state index is 11.8. The molecule has 0 radical (unpaired) electrons. The van der Waals surface area contributed by atoms with E-state index in [-0.39, 0.29) is 18.5 Å². The van der Waals surface area contributed by atoms with Crippen molar-refractivity contribution in [3.63, 3.8) is 0 Å². The molecule has 0 aliphatic carbocycles. The molecule has 0 saturated heterocycles. The Labute approximate surface area is 94.8 Å². The molecule has 0 unspecified atom stereocenters. The van der Waals surface area contributed by atoms with Gasteiger partial charge in [-0.1, -0.05) is 0 Å². The first-order valence-corrected chi connectivity index (χ1v) is 4.92. The van der Waals surface area contributed by atoms with Crippen molar-refractivity contribution in [1.29, 1.82) is 0 Å². The number of hydrogen-bond acceptors (Lipinski definition) is 2. The average Bonchev–Trinajstić information content (AvgIpc) is 2.23. The van der Waals surface area contributed by atoms with Gasteiger partial charge in [-0.05, 0) is 12.5 Å². The number of halogens is 3. The molecule has 1 aromatic heterocycles. The fourth-order valence-corrected chi connectivity index (χ4v) is 1.18. The number of carbonyl (C=O) groups excluding carboxylic acids is 1. The van der Waals surface area contributed by atoms with Crippen molar-refractivity contribution in [2.45, 2.75) is 19.0 Å². The van der Waals surface area contributed by atoms with Gasteiger partial charge in [0.1, 0.15) is 0 Å². The van der Waals surface area contributed by atoms with Crippen LogP contribution in [0.15, 0.2) is 23.1 Å². The molecule has 0 spiro atoms. The van der Waals surface area contributed by atoms with Crippen molar-refractivity contribution in [2.24, 2.45) is 0 Å². The molecule has 94 valence electrons. The predicted molar refractivity (Wildman–Crippen MR) is 54.7 cm³/mol. The maximum absolute atomic E-state index is 11.8. The van der Waals surface area contributed by atoms with Crippen molar-refractivity contribution in [2.75, 3.05) is 6.54 Å². The number of hydrogen-bond donors (Lipinski definition) is 2. The minimum atomic E-state index is -4.21. The van der Waals surface area contributed by atoms with Gasteiger partial charge in [0.25, 0.3) is 5.91 Å². The van der Waals surface area contributed by atoms with E-state index in [9.17, 15) is 22.8 Å². The quantitative estimate of drug-likeness (QED) is 0.792. The summed E-state index contributed by atoms with van der Waals surface area (Å²) in [5.74, 6) is -0.557. The first-order chi connectivity index (χ1) is 7.88. The van der Waals surface area contributed by atoms with Gasteiger partial charge >= 0.3 is 6.18 Å². The molecule has 0 saturated carbocycles. The highest BCUT2D eigenvalue weighted by Gasteiger charge is 2.25. The molecule has 1 aromatic rings. The maximum Gasteiger partial charge on any atom is 0.389 e. The molecule has 17 heavy (non-hydrogen) atoms. The van der Waals surface area contributed by atoms with Gasteiger partial charge in [0.05, 0.1) is 0 Å². The summed E-state index contributed by atoms with van der Waals surface area (Å²) in [6.45, 7) is -0.0782. The molecule has 0 atom stereocenters. The second-order valence-electron chi connectivity index (χ2n) is 3.42. The van der Waals surface area contributed by atoms with E-state index < -0.39 is 24.1 Å². The van der Waals surface area contributed by atoms with Crippen LogP contribution in [0, 0.1) is 0 Å². The normalized spacial score (nSPS) is 11.2. The first-order valence-electron chi connectivity index (χ1n) is 4.92. The Morgan fingerprint density at radius 1 is 1.41 bits per heavy atom. The van der Waals surface area contributed by atoms with Gasteiger partial charge in [0.2, 0.25) is 5.56 Å². The van der Waals surface area contributed by atoms with E-state index in [1.807, 2.05) is 0 Å². The van der Waals surface area contributed by atoms with Crippen LogP contribution in [0.1, 0.15) is 23.2 Å². The summed E-state index contributed by atoms with van der Waals surface area (Å²) in [5, 5.41) is 2.31. The highest BCUT2D eigenvalue weighted by molar-refractivity contribution is 5.93. The van der Waals surface area contributed by atoms with Crippen LogP contribution in [0.3, 0.4) is 0 Å². The van der Waals surface area contributed by atoms with E-state index in [0.717, 1.165) is 6.07 Å². The number of aromatic nitrogens is 1. The van der Waals surface area contributed by atoms with E-state index in [1.165, 1.54) is 12.3 Å². The van der Waals surface area contributed by atoms with E-state index in [4.69, 9.17) is 0 Å². The lowest BCUT2D eigenvalue weighted by Gasteiger charge is -2.07. The van der Waals surface area contributed by atoms with Crippen LogP contribution in [0.2, 0.25) is 0 Å². The SMILES string of the molecule is O=C(NCCCC(F)(F)F)c1cc[nH]c(=O)c1. The summed E-state index contributed by atoms with van der Waals surface area (Å²) < 4.78 is 35.4. The highest BCUT2D eigenvalue weighted by Crippen LogP contribution is 2.20. The van der Waals surface area contributed by atoms with Crippen LogP contribution < -0.4 is 10.9 Å².